The standard InChI is InChI=1S/C25H27N3O4/c1-4-18-9-17(25(29)30)11-23-26-24(22(14-31-2)28(18)23)21-10-16-7-8-19(32-3)12-20(16)27(21)13-15-5-6-15/h7-12,15H,4-6,13-14H2,1-3H3,(H,29,30). The van der Waals surface area contributed by atoms with Crippen LogP contribution in [0.2, 0.25) is 0 Å². The molecule has 1 saturated carbocycles. The first-order valence-corrected chi connectivity index (χ1v) is 11.0. The van der Waals surface area contributed by atoms with E-state index < -0.39 is 5.97 Å². The van der Waals surface area contributed by atoms with Gasteiger partial charge in [-0.05, 0) is 55.5 Å². The molecule has 4 aromatic rings. The van der Waals surface area contributed by atoms with Crippen molar-refractivity contribution in [3.8, 4) is 17.1 Å². The molecule has 7 nitrogen and oxygen atoms in total. The second-order valence-electron chi connectivity index (χ2n) is 8.44. The molecule has 0 spiro atoms. The Bertz CT molecular complexity index is 1330. The highest BCUT2D eigenvalue weighted by Gasteiger charge is 2.27. The molecule has 0 atom stereocenters. The van der Waals surface area contributed by atoms with Gasteiger partial charge in [-0.2, -0.15) is 0 Å². The van der Waals surface area contributed by atoms with E-state index in [9.17, 15) is 9.90 Å². The van der Waals surface area contributed by atoms with E-state index in [0.717, 1.165) is 46.0 Å². The Morgan fingerprint density at radius 3 is 2.66 bits per heavy atom. The fourth-order valence-corrected chi connectivity index (χ4v) is 4.49. The van der Waals surface area contributed by atoms with Crippen LogP contribution in [0.25, 0.3) is 27.9 Å². The summed E-state index contributed by atoms with van der Waals surface area (Å²) in [6.45, 7) is 3.32. The highest BCUT2D eigenvalue weighted by Crippen LogP contribution is 2.38. The van der Waals surface area contributed by atoms with Crippen molar-refractivity contribution in [3.05, 3.63) is 53.3 Å². The van der Waals surface area contributed by atoms with Gasteiger partial charge in [0.25, 0.3) is 0 Å². The van der Waals surface area contributed by atoms with Crippen LogP contribution in [-0.4, -0.2) is 39.2 Å². The summed E-state index contributed by atoms with van der Waals surface area (Å²) >= 11 is 0. The topological polar surface area (TPSA) is 78.0 Å². The molecule has 0 unspecified atom stereocenters. The number of hydrogen-bond acceptors (Lipinski definition) is 4. The number of carboxylic acid groups (broad SMARTS) is 1. The van der Waals surface area contributed by atoms with Gasteiger partial charge in [0, 0.05) is 30.8 Å². The van der Waals surface area contributed by atoms with E-state index in [-0.39, 0.29) is 5.56 Å². The fourth-order valence-electron chi connectivity index (χ4n) is 4.49. The lowest BCUT2D eigenvalue weighted by molar-refractivity contribution is 0.0696. The number of aromatic carboxylic acids is 1. The van der Waals surface area contributed by atoms with Crippen LogP contribution >= 0.6 is 0 Å². The van der Waals surface area contributed by atoms with Crippen LogP contribution < -0.4 is 4.74 Å². The normalized spacial score (nSPS) is 13.8. The zero-order valence-corrected chi connectivity index (χ0v) is 18.6. The second kappa shape index (κ2) is 7.98. The summed E-state index contributed by atoms with van der Waals surface area (Å²) in [4.78, 5) is 16.6. The molecule has 0 saturated heterocycles. The number of hydrogen-bond donors (Lipinski definition) is 1. The van der Waals surface area contributed by atoms with E-state index in [0.29, 0.717) is 24.6 Å². The molecule has 1 aliphatic carbocycles. The van der Waals surface area contributed by atoms with E-state index in [1.165, 1.54) is 12.8 Å². The molecule has 3 aromatic heterocycles. The molecule has 7 heteroatoms. The maximum absolute atomic E-state index is 11.7. The Hall–Kier alpha value is -3.32. The van der Waals surface area contributed by atoms with Crippen LogP contribution in [0.3, 0.4) is 0 Å². The van der Waals surface area contributed by atoms with Crippen LogP contribution in [-0.2, 0) is 24.3 Å². The number of imidazole rings is 1. The molecule has 0 radical (unpaired) electrons. The predicted molar refractivity (Wildman–Crippen MR) is 122 cm³/mol. The predicted octanol–water partition coefficient (Wildman–Crippen LogP) is 4.78. The first-order chi connectivity index (χ1) is 15.5. The molecule has 0 bridgehead atoms. The number of rotatable bonds is 8. The monoisotopic (exact) mass is 433 g/mol. The van der Waals surface area contributed by atoms with Gasteiger partial charge in [0.2, 0.25) is 0 Å². The molecule has 1 aliphatic rings. The molecule has 166 valence electrons. The summed E-state index contributed by atoms with van der Waals surface area (Å²) in [5.41, 5.74) is 5.69. The number of aromatic nitrogens is 3. The van der Waals surface area contributed by atoms with Gasteiger partial charge in [-0.1, -0.05) is 6.92 Å². The zero-order chi connectivity index (χ0) is 22.4. The van der Waals surface area contributed by atoms with Crippen molar-refractivity contribution in [2.24, 2.45) is 5.92 Å². The van der Waals surface area contributed by atoms with Crippen molar-refractivity contribution in [1.82, 2.24) is 14.0 Å². The van der Waals surface area contributed by atoms with Gasteiger partial charge >= 0.3 is 5.97 Å². The molecule has 0 aliphatic heterocycles. The Kier molecular flexibility index (Phi) is 5.13. The lowest BCUT2D eigenvalue weighted by atomic mass is 10.2. The molecule has 1 N–H and O–H groups in total. The minimum absolute atomic E-state index is 0.248. The largest absolute Gasteiger partial charge is 0.497 e. The van der Waals surface area contributed by atoms with Crippen LogP contribution in [0, 0.1) is 5.92 Å². The SMILES string of the molecule is CCc1cc(C(=O)O)cc2nc(-c3cc4ccc(OC)cc4n3CC3CC3)c(COC)n12. The molecule has 1 aromatic carbocycles. The lowest BCUT2D eigenvalue weighted by Gasteiger charge is -2.12. The van der Waals surface area contributed by atoms with E-state index in [2.05, 4.69) is 22.8 Å². The molecule has 1 fully saturated rings. The van der Waals surface area contributed by atoms with E-state index >= 15 is 0 Å². The highest BCUT2D eigenvalue weighted by molar-refractivity contribution is 5.90. The number of aryl methyl sites for hydroxylation is 1. The lowest BCUT2D eigenvalue weighted by Crippen LogP contribution is -2.07. The average Bonchev–Trinajstić information content (AvgIpc) is 3.45. The fraction of sp³-hybridized carbons (Fsp3) is 0.360. The Morgan fingerprint density at radius 2 is 2.00 bits per heavy atom. The molecule has 0 amide bonds. The summed E-state index contributed by atoms with van der Waals surface area (Å²) in [6.07, 6.45) is 3.16. The van der Waals surface area contributed by atoms with Gasteiger partial charge < -0.3 is 19.1 Å². The maximum atomic E-state index is 11.7. The summed E-state index contributed by atoms with van der Waals surface area (Å²) in [7, 11) is 3.35. The average molecular weight is 434 g/mol. The number of ether oxygens (including phenoxy) is 2. The van der Waals surface area contributed by atoms with Crippen LogP contribution in [0.4, 0.5) is 0 Å². The van der Waals surface area contributed by atoms with Gasteiger partial charge in [0.15, 0.2) is 0 Å². The van der Waals surface area contributed by atoms with Crippen molar-refractivity contribution < 1.29 is 19.4 Å². The van der Waals surface area contributed by atoms with Crippen molar-refractivity contribution >= 4 is 22.5 Å². The molecule has 32 heavy (non-hydrogen) atoms. The van der Waals surface area contributed by atoms with Crippen molar-refractivity contribution in [2.75, 3.05) is 14.2 Å². The minimum atomic E-state index is -0.949. The maximum Gasteiger partial charge on any atom is 0.335 e. The number of carboxylic acids is 1. The first-order valence-electron chi connectivity index (χ1n) is 11.0. The third-order valence-electron chi connectivity index (χ3n) is 6.27. The highest BCUT2D eigenvalue weighted by atomic mass is 16.5. The molecule has 3 heterocycles. The Morgan fingerprint density at radius 1 is 1.19 bits per heavy atom. The summed E-state index contributed by atoms with van der Waals surface area (Å²) < 4.78 is 15.4. The van der Waals surface area contributed by atoms with Gasteiger partial charge in [-0.15, -0.1) is 0 Å². The smallest absolute Gasteiger partial charge is 0.335 e. The zero-order valence-electron chi connectivity index (χ0n) is 18.6. The first kappa shape index (κ1) is 20.6. The van der Waals surface area contributed by atoms with Gasteiger partial charge in [0.1, 0.15) is 17.1 Å². The summed E-state index contributed by atoms with van der Waals surface area (Å²) in [6, 6.07) is 11.7. The van der Waals surface area contributed by atoms with Crippen molar-refractivity contribution in [2.45, 2.75) is 39.3 Å². The number of nitrogens with zero attached hydrogens (tertiary/aromatic N) is 3. The van der Waals surface area contributed by atoms with Crippen LogP contribution in [0.15, 0.2) is 36.4 Å². The summed E-state index contributed by atoms with van der Waals surface area (Å²) in [5, 5.41) is 10.7. The molecular formula is C25H27N3O4. The number of methoxy groups -OCH3 is 2. The number of fused-ring (bicyclic) bond motifs is 2. The van der Waals surface area contributed by atoms with Crippen LogP contribution in [0.1, 0.15) is 41.5 Å². The molecule has 5 rings (SSSR count). The number of pyridine rings is 1. The minimum Gasteiger partial charge on any atom is -0.497 e. The van der Waals surface area contributed by atoms with Crippen LogP contribution in [0.5, 0.6) is 5.75 Å². The third-order valence-corrected chi connectivity index (χ3v) is 6.27. The van der Waals surface area contributed by atoms with Gasteiger partial charge in [-0.3, -0.25) is 4.40 Å². The number of benzene rings is 1. The van der Waals surface area contributed by atoms with E-state index in [1.807, 2.05) is 17.4 Å². The summed E-state index contributed by atoms with van der Waals surface area (Å²) in [5.74, 6) is 0.545. The van der Waals surface area contributed by atoms with Gasteiger partial charge in [0.05, 0.1) is 36.2 Å². The van der Waals surface area contributed by atoms with Gasteiger partial charge in [-0.25, -0.2) is 9.78 Å². The number of carbonyl (C=O) groups is 1. The quantitative estimate of drug-likeness (QED) is 0.433. The second-order valence-corrected chi connectivity index (χ2v) is 8.44. The Labute approximate surface area is 186 Å². The van der Waals surface area contributed by atoms with E-state index in [4.69, 9.17) is 14.5 Å². The van der Waals surface area contributed by atoms with Crippen molar-refractivity contribution in [3.63, 3.8) is 0 Å². The Balaban J connectivity index is 1.80. The molecular weight excluding hydrogens is 406 g/mol. The third kappa shape index (κ3) is 3.42. The van der Waals surface area contributed by atoms with Crippen molar-refractivity contribution in [1.29, 1.82) is 0 Å². The van der Waals surface area contributed by atoms with E-state index in [1.54, 1.807) is 26.4 Å².